The van der Waals surface area contributed by atoms with Gasteiger partial charge < -0.3 is 10.2 Å². The van der Waals surface area contributed by atoms with Gasteiger partial charge in [0.25, 0.3) is 0 Å². The molecular formula is C11H18N2O. The highest BCUT2D eigenvalue weighted by Gasteiger charge is 2.40. The standard InChI is InChI=1S/C11H18N2O/c14-11(9-2-1-3-9)13-7-8-4-10(13)6-12-5-8/h8-10,12H,1-7H2/t8-,10+/m1/s1. The second-order valence-corrected chi connectivity index (χ2v) is 5.03. The van der Waals surface area contributed by atoms with Crippen LogP contribution in [0, 0.1) is 11.8 Å². The summed E-state index contributed by atoms with van der Waals surface area (Å²) in [5.74, 6) is 1.57. The van der Waals surface area contributed by atoms with Crippen molar-refractivity contribution in [2.75, 3.05) is 19.6 Å². The second kappa shape index (κ2) is 3.23. The second-order valence-electron chi connectivity index (χ2n) is 5.03. The Hall–Kier alpha value is -0.570. The summed E-state index contributed by atoms with van der Waals surface area (Å²) in [6.45, 7) is 3.16. The Morgan fingerprint density at radius 3 is 2.79 bits per heavy atom. The number of carbonyl (C=O) groups excluding carboxylic acids is 1. The largest absolute Gasteiger partial charge is 0.338 e. The monoisotopic (exact) mass is 194 g/mol. The quantitative estimate of drug-likeness (QED) is 0.663. The van der Waals surface area contributed by atoms with E-state index in [0.717, 1.165) is 38.4 Å². The molecule has 3 aliphatic rings. The van der Waals surface area contributed by atoms with E-state index in [1.807, 2.05) is 0 Å². The molecule has 0 spiro atoms. The molecular weight excluding hydrogens is 176 g/mol. The van der Waals surface area contributed by atoms with Gasteiger partial charge in [-0.3, -0.25) is 4.79 Å². The van der Waals surface area contributed by atoms with Gasteiger partial charge in [-0.1, -0.05) is 6.42 Å². The Labute approximate surface area is 84.8 Å². The summed E-state index contributed by atoms with van der Waals surface area (Å²) < 4.78 is 0. The Morgan fingerprint density at radius 2 is 2.14 bits per heavy atom. The lowest BCUT2D eigenvalue weighted by Gasteiger charge is -2.32. The van der Waals surface area contributed by atoms with Crippen LogP contribution >= 0.6 is 0 Å². The number of nitrogens with one attached hydrogen (secondary N) is 1. The Kier molecular flexibility index (Phi) is 2.01. The molecule has 1 N–H and O–H groups in total. The molecule has 0 unspecified atom stereocenters. The molecule has 3 nitrogen and oxygen atoms in total. The van der Waals surface area contributed by atoms with Gasteiger partial charge in [-0.25, -0.2) is 0 Å². The zero-order chi connectivity index (χ0) is 9.54. The molecule has 78 valence electrons. The Morgan fingerprint density at radius 1 is 1.29 bits per heavy atom. The third kappa shape index (κ3) is 1.26. The van der Waals surface area contributed by atoms with E-state index in [9.17, 15) is 4.79 Å². The minimum absolute atomic E-state index is 0.384. The fraction of sp³-hybridized carbons (Fsp3) is 0.909. The van der Waals surface area contributed by atoms with Crippen molar-refractivity contribution in [1.29, 1.82) is 0 Å². The lowest BCUT2D eigenvalue weighted by Crippen LogP contribution is -2.45. The van der Waals surface area contributed by atoms with Gasteiger partial charge in [0.15, 0.2) is 0 Å². The maximum Gasteiger partial charge on any atom is 0.225 e. The normalized spacial score (nSPS) is 37.0. The first-order valence-electron chi connectivity index (χ1n) is 5.86. The number of hydrogen-bond acceptors (Lipinski definition) is 2. The first kappa shape index (κ1) is 8.72. The van der Waals surface area contributed by atoms with Crippen LogP contribution < -0.4 is 5.32 Å². The topological polar surface area (TPSA) is 32.3 Å². The van der Waals surface area contributed by atoms with E-state index in [1.165, 1.54) is 12.8 Å². The molecule has 2 heterocycles. The molecule has 3 fully saturated rings. The van der Waals surface area contributed by atoms with Crippen LogP contribution in [-0.4, -0.2) is 36.5 Å². The zero-order valence-electron chi connectivity index (χ0n) is 8.54. The van der Waals surface area contributed by atoms with Crippen molar-refractivity contribution >= 4 is 5.91 Å². The summed E-state index contributed by atoms with van der Waals surface area (Å²) in [4.78, 5) is 14.2. The number of nitrogens with zero attached hydrogens (tertiary/aromatic N) is 1. The van der Waals surface area contributed by atoms with E-state index in [4.69, 9.17) is 0 Å². The third-order valence-corrected chi connectivity index (χ3v) is 4.05. The van der Waals surface area contributed by atoms with Crippen molar-refractivity contribution in [3.8, 4) is 0 Å². The van der Waals surface area contributed by atoms with Crippen molar-refractivity contribution in [1.82, 2.24) is 10.2 Å². The van der Waals surface area contributed by atoms with Gasteiger partial charge in [-0.05, 0) is 31.7 Å². The predicted octanol–water partition coefficient (Wildman–Crippen LogP) is 0.607. The average molecular weight is 194 g/mol. The molecule has 2 saturated heterocycles. The van der Waals surface area contributed by atoms with Gasteiger partial charge >= 0.3 is 0 Å². The van der Waals surface area contributed by atoms with Crippen molar-refractivity contribution in [2.24, 2.45) is 11.8 Å². The van der Waals surface area contributed by atoms with Gasteiger partial charge in [0.1, 0.15) is 0 Å². The lowest BCUT2D eigenvalue weighted by molar-refractivity contribution is -0.138. The van der Waals surface area contributed by atoms with E-state index >= 15 is 0 Å². The van der Waals surface area contributed by atoms with Crippen LogP contribution in [-0.2, 0) is 4.79 Å². The van der Waals surface area contributed by atoms with Crippen molar-refractivity contribution in [3.05, 3.63) is 0 Å². The predicted molar refractivity (Wildman–Crippen MR) is 53.8 cm³/mol. The van der Waals surface area contributed by atoms with Gasteiger partial charge in [0.2, 0.25) is 5.91 Å². The summed E-state index contributed by atoms with van der Waals surface area (Å²) in [6.07, 6.45) is 4.78. The van der Waals surface area contributed by atoms with Gasteiger partial charge in [0.05, 0.1) is 0 Å². The van der Waals surface area contributed by atoms with Crippen LogP contribution in [0.2, 0.25) is 0 Å². The van der Waals surface area contributed by atoms with E-state index in [0.29, 0.717) is 17.9 Å². The van der Waals surface area contributed by atoms with Crippen LogP contribution in [0.4, 0.5) is 0 Å². The highest BCUT2D eigenvalue weighted by Crippen LogP contribution is 2.33. The minimum Gasteiger partial charge on any atom is -0.338 e. The Bertz CT molecular complexity index is 250. The molecule has 3 rings (SSSR count). The number of likely N-dealkylation sites (tertiary alicyclic amines) is 1. The molecule has 1 amide bonds. The highest BCUT2D eigenvalue weighted by atomic mass is 16.2. The van der Waals surface area contributed by atoms with Crippen molar-refractivity contribution < 1.29 is 4.79 Å². The van der Waals surface area contributed by atoms with Crippen LogP contribution in [0.5, 0.6) is 0 Å². The number of carbonyl (C=O) groups is 1. The van der Waals surface area contributed by atoms with Crippen LogP contribution in [0.15, 0.2) is 0 Å². The smallest absolute Gasteiger partial charge is 0.225 e. The maximum absolute atomic E-state index is 12.1. The number of amides is 1. The van der Waals surface area contributed by atoms with E-state index < -0.39 is 0 Å². The molecule has 1 saturated carbocycles. The van der Waals surface area contributed by atoms with Crippen molar-refractivity contribution in [3.63, 3.8) is 0 Å². The molecule has 0 aromatic carbocycles. The summed E-state index contributed by atoms with van der Waals surface area (Å²) in [7, 11) is 0. The van der Waals surface area contributed by atoms with Crippen LogP contribution in [0.25, 0.3) is 0 Å². The summed E-state index contributed by atoms with van der Waals surface area (Å²) >= 11 is 0. The summed E-state index contributed by atoms with van der Waals surface area (Å²) in [6, 6.07) is 0.516. The summed E-state index contributed by atoms with van der Waals surface area (Å²) in [5.41, 5.74) is 0. The van der Waals surface area contributed by atoms with E-state index in [1.54, 1.807) is 0 Å². The highest BCUT2D eigenvalue weighted by molar-refractivity contribution is 5.80. The number of hydrogen-bond donors (Lipinski definition) is 1. The first-order chi connectivity index (χ1) is 6.84. The lowest BCUT2D eigenvalue weighted by atomic mass is 9.84. The molecule has 0 aromatic rings. The van der Waals surface area contributed by atoms with Gasteiger partial charge in [-0.15, -0.1) is 0 Å². The fourth-order valence-corrected chi connectivity index (χ4v) is 2.97. The minimum atomic E-state index is 0.384. The van der Waals surface area contributed by atoms with Crippen LogP contribution in [0.3, 0.4) is 0 Å². The van der Waals surface area contributed by atoms with Gasteiger partial charge in [0, 0.05) is 25.0 Å². The molecule has 2 bridgehead atoms. The average Bonchev–Trinajstić information content (AvgIpc) is 2.38. The maximum atomic E-state index is 12.1. The fourth-order valence-electron chi connectivity index (χ4n) is 2.97. The molecule has 14 heavy (non-hydrogen) atoms. The van der Waals surface area contributed by atoms with E-state index in [-0.39, 0.29) is 0 Å². The number of rotatable bonds is 1. The number of fused-ring (bicyclic) bond motifs is 2. The van der Waals surface area contributed by atoms with E-state index in [2.05, 4.69) is 10.2 Å². The number of piperidine rings is 1. The van der Waals surface area contributed by atoms with Crippen LogP contribution in [0.1, 0.15) is 25.7 Å². The van der Waals surface area contributed by atoms with Gasteiger partial charge in [-0.2, -0.15) is 0 Å². The molecule has 2 aliphatic heterocycles. The molecule has 1 aliphatic carbocycles. The molecule has 3 heteroatoms. The third-order valence-electron chi connectivity index (χ3n) is 4.05. The molecule has 0 radical (unpaired) electrons. The molecule has 0 aromatic heterocycles. The SMILES string of the molecule is O=C(C1CCC1)N1C[C@H]2CNC[C@@H]1C2. The Balaban J connectivity index is 1.69. The molecule has 2 atom stereocenters. The zero-order valence-corrected chi connectivity index (χ0v) is 8.54. The summed E-state index contributed by atoms with van der Waals surface area (Å²) in [5, 5.41) is 3.41. The first-order valence-corrected chi connectivity index (χ1v) is 5.86. The van der Waals surface area contributed by atoms with Crippen molar-refractivity contribution in [2.45, 2.75) is 31.7 Å².